The zero-order valence-electron chi connectivity index (χ0n) is 9.88. The van der Waals surface area contributed by atoms with Gasteiger partial charge in [0.25, 0.3) is 11.9 Å². The smallest absolute Gasteiger partial charge is 0.288 e. The first kappa shape index (κ1) is 11.3. The van der Waals surface area contributed by atoms with Crippen molar-refractivity contribution in [2.24, 2.45) is 5.92 Å². The van der Waals surface area contributed by atoms with Gasteiger partial charge in [0.15, 0.2) is 5.72 Å². The van der Waals surface area contributed by atoms with Crippen molar-refractivity contribution in [1.82, 2.24) is 5.32 Å². The minimum Gasteiger partial charge on any atom is -0.481 e. The van der Waals surface area contributed by atoms with Gasteiger partial charge in [0.05, 0.1) is 5.57 Å². The Kier molecular flexibility index (Phi) is 2.82. The highest BCUT2D eigenvalue weighted by Crippen LogP contribution is 2.35. The fourth-order valence-corrected chi connectivity index (χ4v) is 2.50. The summed E-state index contributed by atoms with van der Waals surface area (Å²) in [6.07, 6.45) is 4.81. The zero-order chi connectivity index (χ0) is 11.8. The molecule has 1 heterocycles. The number of carbonyl (C=O) groups excluding carboxylic acids is 1. The second-order valence-corrected chi connectivity index (χ2v) is 4.98. The van der Waals surface area contributed by atoms with Gasteiger partial charge in [0.1, 0.15) is 0 Å². The molecule has 2 N–H and O–H groups in total. The Bertz CT molecular complexity index is 327. The van der Waals surface area contributed by atoms with E-state index in [-0.39, 0.29) is 17.8 Å². The molecule has 1 aliphatic carbocycles. The first-order chi connectivity index (χ1) is 7.54. The number of rotatable bonds is 1. The summed E-state index contributed by atoms with van der Waals surface area (Å²) in [5.41, 5.74) is -0.283. The van der Waals surface area contributed by atoms with E-state index >= 15 is 0 Å². The van der Waals surface area contributed by atoms with Gasteiger partial charge in [-0.15, -0.1) is 0 Å². The molecule has 1 spiro atoms. The first-order valence-corrected chi connectivity index (χ1v) is 5.99. The topological polar surface area (TPSA) is 58.6 Å². The average molecular weight is 225 g/mol. The zero-order valence-corrected chi connectivity index (χ0v) is 9.88. The van der Waals surface area contributed by atoms with Crippen molar-refractivity contribution in [3.05, 3.63) is 11.5 Å². The number of hydrogen-bond donors (Lipinski definition) is 2. The predicted molar refractivity (Wildman–Crippen MR) is 59.5 cm³/mol. The number of aliphatic hydroxyl groups excluding tert-OH is 1. The molecule has 2 rings (SSSR count). The van der Waals surface area contributed by atoms with Crippen LogP contribution in [0.25, 0.3) is 0 Å². The maximum atomic E-state index is 11.9. The van der Waals surface area contributed by atoms with Crippen molar-refractivity contribution < 1.29 is 14.6 Å². The Morgan fingerprint density at radius 2 is 1.94 bits per heavy atom. The minimum absolute atomic E-state index is 0.0269. The second kappa shape index (κ2) is 4.00. The molecule has 0 saturated heterocycles. The van der Waals surface area contributed by atoms with Crippen LogP contribution in [0.4, 0.5) is 0 Å². The molecule has 1 fully saturated rings. The summed E-state index contributed by atoms with van der Waals surface area (Å²) < 4.78 is 5.56. The normalized spacial score (nSPS) is 24.6. The molecule has 1 saturated carbocycles. The van der Waals surface area contributed by atoms with Crippen molar-refractivity contribution in [3.63, 3.8) is 0 Å². The summed E-state index contributed by atoms with van der Waals surface area (Å²) in [6.45, 7) is 3.74. The van der Waals surface area contributed by atoms with Gasteiger partial charge in [-0.2, -0.15) is 0 Å². The van der Waals surface area contributed by atoms with E-state index in [9.17, 15) is 9.90 Å². The van der Waals surface area contributed by atoms with Crippen LogP contribution in [0.2, 0.25) is 0 Å². The first-order valence-electron chi connectivity index (χ1n) is 5.99. The van der Waals surface area contributed by atoms with Crippen molar-refractivity contribution in [2.75, 3.05) is 0 Å². The van der Waals surface area contributed by atoms with E-state index in [1.807, 2.05) is 13.8 Å². The predicted octanol–water partition coefficient (Wildman–Crippen LogP) is 2.22. The average Bonchev–Trinajstić information content (AvgIpc) is 2.16. The quantitative estimate of drug-likeness (QED) is 0.719. The van der Waals surface area contributed by atoms with Crippen molar-refractivity contribution in [3.8, 4) is 0 Å². The fourth-order valence-electron chi connectivity index (χ4n) is 2.50. The Morgan fingerprint density at radius 1 is 1.31 bits per heavy atom. The molecule has 1 aliphatic heterocycles. The minimum atomic E-state index is -0.641. The molecule has 1 amide bonds. The number of carbonyl (C=O) groups is 1. The highest BCUT2D eigenvalue weighted by Gasteiger charge is 2.42. The van der Waals surface area contributed by atoms with Gasteiger partial charge in [-0.3, -0.25) is 4.79 Å². The van der Waals surface area contributed by atoms with Gasteiger partial charge in [0, 0.05) is 12.8 Å². The van der Waals surface area contributed by atoms with Crippen LogP contribution < -0.4 is 5.32 Å². The third kappa shape index (κ3) is 1.88. The maximum absolute atomic E-state index is 11.9. The number of amides is 1. The van der Waals surface area contributed by atoms with Crippen molar-refractivity contribution in [1.29, 1.82) is 0 Å². The van der Waals surface area contributed by atoms with Gasteiger partial charge >= 0.3 is 0 Å². The number of ether oxygens (including phenoxy) is 1. The molecule has 0 aromatic carbocycles. The van der Waals surface area contributed by atoms with Crippen molar-refractivity contribution >= 4 is 5.91 Å². The molecule has 4 heteroatoms. The van der Waals surface area contributed by atoms with E-state index in [4.69, 9.17) is 4.74 Å². The molecule has 0 atom stereocenters. The lowest BCUT2D eigenvalue weighted by atomic mass is 9.89. The van der Waals surface area contributed by atoms with E-state index < -0.39 is 5.72 Å². The van der Waals surface area contributed by atoms with Crippen LogP contribution in [0.1, 0.15) is 46.0 Å². The molecule has 0 aromatic rings. The SMILES string of the molecule is CC(C)C1=C(O)OC2(CCCCC2)NC1=O. The monoisotopic (exact) mass is 225 g/mol. The summed E-state index contributed by atoms with van der Waals surface area (Å²) in [7, 11) is 0. The van der Waals surface area contributed by atoms with E-state index in [1.54, 1.807) is 0 Å². The molecule has 0 aromatic heterocycles. The largest absolute Gasteiger partial charge is 0.481 e. The molecular formula is C12H19NO3. The van der Waals surface area contributed by atoms with Gasteiger partial charge in [-0.1, -0.05) is 20.3 Å². The molecule has 4 nitrogen and oxygen atoms in total. The van der Waals surface area contributed by atoms with E-state index in [1.165, 1.54) is 6.42 Å². The van der Waals surface area contributed by atoms with Crippen LogP contribution in [0.15, 0.2) is 11.5 Å². The standard InChI is InChI=1S/C12H19NO3/c1-8(2)9-10(14)13-12(16-11(9)15)6-4-3-5-7-12/h8,15H,3-7H2,1-2H3,(H,13,14). The number of hydrogen-bond acceptors (Lipinski definition) is 3. The molecule has 16 heavy (non-hydrogen) atoms. The molecule has 2 aliphatic rings. The van der Waals surface area contributed by atoms with Gasteiger partial charge < -0.3 is 15.2 Å². The number of aliphatic hydroxyl groups is 1. The highest BCUT2D eigenvalue weighted by atomic mass is 16.6. The third-order valence-corrected chi connectivity index (χ3v) is 3.35. The van der Waals surface area contributed by atoms with Gasteiger partial charge in [0.2, 0.25) is 0 Å². The fraction of sp³-hybridized carbons (Fsp3) is 0.750. The van der Waals surface area contributed by atoms with Crippen LogP contribution in [0.3, 0.4) is 0 Å². The lowest BCUT2D eigenvalue weighted by Gasteiger charge is -2.41. The Labute approximate surface area is 95.7 Å². The lowest BCUT2D eigenvalue weighted by molar-refractivity contribution is -0.146. The van der Waals surface area contributed by atoms with Gasteiger partial charge in [-0.25, -0.2) is 0 Å². The molecule has 0 radical (unpaired) electrons. The summed E-state index contributed by atoms with van der Waals surface area (Å²) in [6, 6.07) is 0. The van der Waals surface area contributed by atoms with E-state index in [2.05, 4.69) is 5.32 Å². The van der Waals surface area contributed by atoms with Crippen molar-refractivity contribution in [2.45, 2.75) is 51.7 Å². The van der Waals surface area contributed by atoms with E-state index in [0.717, 1.165) is 25.7 Å². The maximum Gasteiger partial charge on any atom is 0.288 e. The van der Waals surface area contributed by atoms with Crippen LogP contribution >= 0.6 is 0 Å². The van der Waals surface area contributed by atoms with Crippen LogP contribution in [-0.4, -0.2) is 16.7 Å². The number of nitrogens with one attached hydrogen (secondary N) is 1. The summed E-state index contributed by atoms with van der Waals surface area (Å²) >= 11 is 0. The van der Waals surface area contributed by atoms with Crippen LogP contribution in [-0.2, 0) is 9.53 Å². The highest BCUT2D eigenvalue weighted by molar-refractivity contribution is 5.95. The second-order valence-electron chi connectivity index (χ2n) is 4.98. The molecule has 0 unspecified atom stereocenters. The summed E-state index contributed by atoms with van der Waals surface area (Å²) in [5, 5.41) is 12.7. The Balaban J connectivity index is 2.24. The Hall–Kier alpha value is -1.19. The lowest BCUT2D eigenvalue weighted by Crippen LogP contribution is -2.55. The molecule has 90 valence electrons. The van der Waals surface area contributed by atoms with Crippen LogP contribution in [0, 0.1) is 5.92 Å². The summed E-state index contributed by atoms with van der Waals surface area (Å²) in [5.74, 6) is -0.387. The molecular weight excluding hydrogens is 206 g/mol. The Morgan fingerprint density at radius 3 is 2.44 bits per heavy atom. The molecule has 0 bridgehead atoms. The third-order valence-electron chi connectivity index (χ3n) is 3.35. The summed E-state index contributed by atoms with van der Waals surface area (Å²) in [4.78, 5) is 11.9. The van der Waals surface area contributed by atoms with E-state index in [0.29, 0.717) is 5.57 Å². The van der Waals surface area contributed by atoms with Gasteiger partial charge in [-0.05, 0) is 18.8 Å². The van der Waals surface area contributed by atoms with Crippen LogP contribution in [0.5, 0.6) is 0 Å².